The van der Waals surface area contributed by atoms with Gasteiger partial charge < -0.3 is 10.2 Å². The predicted octanol–water partition coefficient (Wildman–Crippen LogP) is 0.726. The van der Waals surface area contributed by atoms with Crippen molar-refractivity contribution in [3.05, 3.63) is 6.33 Å². The first-order valence-electron chi connectivity index (χ1n) is 4.66. The molecule has 4 nitrogen and oxygen atoms in total. The first-order valence-corrected chi connectivity index (χ1v) is 5.43. The fourth-order valence-corrected chi connectivity index (χ4v) is 2.41. The normalized spacial score (nSPS) is 22.1. The zero-order valence-electron chi connectivity index (χ0n) is 7.73. The number of rotatable bonds is 3. The fourth-order valence-electron chi connectivity index (χ4n) is 1.75. The van der Waals surface area contributed by atoms with Gasteiger partial charge in [0.15, 0.2) is 0 Å². The molecular weight excluding hydrogens is 184 g/mol. The standard InChI is InChI=1S/C8H14N4S/c1-2-12(7-3-4-9-5-7)8-10-6-11-13-8/h6-7,9H,2-5H2,1H3. The van der Waals surface area contributed by atoms with Crippen LogP contribution in [0.2, 0.25) is 0 Å². The van der Waals surface area contributed by atoms with Gasteiger partial charge in [0.1, 0.15) is 6.33 Å². The van der Waals surface area contributed by atoms with Crippen LogP contribution in [-0.2, 0) is 0 Å². The molecule has 1 fully saturated rings. The number of likely N-dealkylation sites (N-methyl/N-ethyl adjacent to an activating group) is 1. The Hall–Kier alpha value is -0.680. The second-order valence-corrected chi connectivity index (χ2v) is 3.92. The molecule has 0 aromatic carbocycles. The highest BCUT2D eigenvalue weighted by Gasteiger charge is 2.22. The van der Waals surface area contributed by atoms with Crippen LogP contribution in [-0.4, -0.2) is 35.0 Å². The number of nitrogens with zero attached hydrogens (tertiary/aromatic N) is 3. The molecule has 0 saturated carbocycles. The number of hydrogen-bond donors (Lipinski definition) is 1. The number of hydrogen-bond acceptors (Lipinski definition) is 5. The Bertz CT molecular complexity index is 243. The van der Waals surface area contributed by atoms with E-state index in [0.29, 0.717) is 6.04 Å². The van der Waals surface area contributed by atoms with E-state index >= 15 is 0 Å². The first kappa shape index (κ1) is 8.90. The molecule has 1 saturated heterocycles. The Morgan fingerprint density at radius 3 is 3.23 bits per heavy atom. The lowest BCUT2D eigenvalue weighted by Crippen LogP contribution is -2.36. The van der Waals surface area contributed by atoms with Gasteiger partial charge in [-0.3, -0.25) is 0 Å². The van der Waals surface area contributed by atoms with E-state index in [1.807, 2.05) is 0 Å². The summed E-state index contributed by atoms with van der Waals surface area (Å²) in [6, 6.07) is 0.609. The lowest BCUT2D eigenvalue weighted by atomic mass is 10.2. The lowest BCUT2D eigenvalue weighted by Gasteiger charge is -2.25. The molecule has 2 heterocycles. The van der Waals surface area contributed by atoms with Gasteiger partial charge in [0, 0.05) is 30.7 Å². The van der Waals surface area contributed by atoms with Crippen molar-refractivity contribution in [2.45, 2.75) is 19.4 Å². The minimum absolute atomic E-state index is 0.609. The van der Waals surface area contributed by atoms with Crippen molar-refractivity contribution in [3.63, 3.8) is 0 Å². The molecule has 5 heteroatoms. The highest BCUT2D eigenvalue weighted by atomic mass is 32.1. The van der Waals surface area contributed by atoms with Crippen molar-refractivity contribution < 1.29 is 0 Å². The van der Waals surface area contributed by atoms with Crippen molar-refractivity contribution in [1.29, 1.82) is 0 Å². The number of aromatic nitrogens is 2. The minimum atomic E-state index is 0.609. The topological polar surface area (TPSA) is 41.1 Å². The molecule has 2 rings (SSSR count). The zero-order valence-corrected chi connectivity index (χ0v) is 8.55. The van der Waals surface area contributed by atoms with E-state index < -0.39 is 0 Å². The van der Waals surface area contributed by atoms with Crippen molar-refractivity contribution in [1.82, 2.24) is 14.7 Å². The maximum atomic E-state index is 4.24. The van der Waals surface area contributed by atoms with Crippen LogP contribution in [0.25, 0.3) is 0 Å². The fraction of sp³-hybridized carbons (Fsp3) is 0.750. The quantitative estimate of drug-likeness (QED) is 0.777. The molecule has 0 radical (unpaired) electrons. The Morgan fingerprint density at radius 1 is 1.77 bits per heavy atom. The van der Waals surface area contributed by atoms with Gasteiger partial charge in [-0.05, 0) is 19.9 Å². The van der Waals surface area contributed by atoms with E-state index in [1.165, 1.54) is 18.0 Å². The molecule has 1 unspecified atom stereocenters. The van der Waals surface area contributed by atoms with Crippen molar-refractivity contribution in [2.75, 3.05) is 24.5 Å². The highest BCUT2D eigenvalue weighted by molar-refractivity contribution is 7.09. The van der Waals surface area contributed by atoms with E-state index in [1.54, 1.807) is 6.33 Å². The van der Waals surface area contributed by atoms with Crippen LogP contribution in [0.1, 0.15) is 13.3 Å². The Kier molecular flexibility index (Phi) is 2.75. The minimum Gasteiger partial charge on any atom is -0.343 e. The molecule has 1 aromatic rings. The highest BCUT2D eigenvalue weighted by Crippen LogP contribution is 2.20. The van der Waals surface area contributed by atoms with E-state index in [-0.39, 0.29) is 0 Å². The summed E-state index contributed by atoms with van der Waals surface area (Å²) in [7, 11) is 0. The second-order valence-electron chi connectivity index (χ2n) is 3.16. The van der Waals surface area contributed by atoms with Crippen LogP contribution >= 0.6 is 11.5 Å². The molecule has 1 N–H and O–H groups in total. The molecule has 1 atom stereocenters. The largest absolute Gasteiger partial charge is 0.343 e. The van der Waals surface area contributed by atoms with Crippen LogP contribution < -0.4 is 10.2 Å². The molecule has 0 aliphatic carbocycles. The summed E-state index contributed by atoms with van der Waals surface area (Å²) >= 11 is 1.48. The third kappa shape index (κ3) is 1.81. The number of nitrogens with one attached hydrogen (secondary N) is 1. The molecule has 0 bridgehead atoms. The number of anilines is 1. The monoisotopic (exact) mass is 198 g/mol. The molecular formula is C8H14N4S. The van der Waals surface area contributed by atoms with Gasteiger partial charge in [0.05, 0.1) is 0 Å². The molecule has 1 aliphatic heterocycles. The average molecular weight is 198 g/mol. The summed E-state index contributed by atoms with van der Waals surface area (Å²) in [4.78, 5) is 6.57. The summed E-state index contributed by atoms with van der Waals surface area (Å²) in [5, 5.41) is 4.42. The summed E-state index contributed by atoms with van der Waals surface area (Å²) in [5.74, 6) is 0. The van der Waals surface area contributed by atoms with E-state index in [4.69, 9.17) is 0 Å². The van der Waals surface area contributed by atoms with E-state index in [9.17, 15) is 0 Å². The van der Waals surface area contributed by atoms with Crippen LogP contribution in [0, 0.1) is 0 Å². The van der Waals surface area contributed by atoms with Gasteiger partial charge in [-0.25, -0.2) is 4.98 Å². The molecule has 0 amide bonds. The van der Waals surface area contributed by atoms with Crippen LogP contribution in [0.5, 0.6) is 0 Å². The molecule has 0 spiro atoms. The predicted molar refractivity (Wildman–Crippen MR) is 54.2 cm³/mol. The van der Waals surface area contributed by atoms with Crippen molar-refractivity contribution in [3.8, 4) is 0 Å². The Labute approximate surface area is 82.1 Å². The summed E-state index contributed by atoms with van der Waals surface area (Å²) in [6.45, 7) is 5.38. The third-order valence-electron chi connectivity index (χ3n) is 2.41. The van der Waals surface area contributed by atoms with Gasteiger partial charge in [-0.2, -0.15) is 4.37 Å². The Balaban J connectivity index is 2.08. The van der Waals surface area contributed by atoms with Crippen LogP contribution in [0.3, 0.4) is 0 Å². The van der Waals surface area contributed by atoms with Crippen molar-refractivity contribution in [2.24, 2.45) is 0 Å². The van der Waals surface area contributed by atoms with Crippen LogP contribution in [0.4, 0.5) is 5.13 Å². The molecule has 72 valence electrons. The maximum Gasteiger partial charge on any atom is 0.205 e. The summed E-state index contributed by atoms with van der Waals surface area (Å²) in [6.07, 6.45) is 2.85. The van der Waals surface area contributed by atoms with Crippen LogP contribution in [0.15, 0.2) is 6.33 Å². The van der Waals surface area contributed by atoms with E-state index in [0.717, 1.165) is 24.8 Å². The summed E-state index contributed by atoms with van der Waals surface area (Å²) in [5.41, 5.74) is 0. The third-order valence-corrected chi connectivity index (χ3v) is 3.11. The van der Waals surface area contributed by atoms with Gasteiger partial charge in [0.25, 0.3) is 0 Å². The van der Waals surface area contributed by atoms with Gasteiger partial charge in [-0.1, -0.05) is 0 Å². The Morgan fingerprint density at radius 2 is 2.69 bits per heavy atom. The van der Waals surface area contributed by atoms with Crippen molar-refractivity contribution >= 4 is 16.7 Å². The lowest BCUT2D eigenvalue weighted by molar-refractivity contribution is 0.646. The van der Waals surface area contributed by atoms with Gasteiger partial charge >= 0.3 is 0 Å². The molecule has 1 aliphatic rings. The second kappa shape index (κ2) is 4.02. The van der Waals surface area contributed by atoms with Gasteiger partial charge in [-0.15, -0.1) is 0 Å². The molecule has 13 heavy (non-hydrogen) atoms. The smallest absolute Gasteiger partial charge is 0.205 e. The average Bonchev–Trinajstić information content (AvgIpc) is 2.76. The van der Waals surface area contributed by atoms with Gasteiger partial charge in [0.2, 0.25) is 5.13 Å². The zero-order chi connectivity index (χ0) is 9.10. The van der Waals surface area contributed by atoms with E-state index in [2.05, 4.69) is 26.5 Å². The molecule has 1 aromatic heterocycles. The summed E-state index contributed by atoms with van der Waals surface area (Å²) < 4.78 is 4.03. The first-order chi connectivity index (χ1) is 6.42. The SMILES string of the molecule is CCN(c1ncns1)C1CCNC1. The maximum absolute atomic E-state index is 4.24.